The lowest BCUT2D eigenvalue weighted by Gasteiger charge is -2.47. The van der Waals surface area contributed by atoms with Crippen LogP contribution in [0.1, 0.15) is 17.5 Å². The maximum absolute atomic E-state index is 6.16. The van der Waals surface area contributed by atoms with E-state index in [1.807, 2.05) is 7.05 Å². The molecular weight excluding hydrogens is 493 g/mol. The number of aliphatic imine (C=N–C) groups is 1. The Kier molecular flexibility index (Phi) is 9.03. The van der Waals surface area contributed by atoms with E-state index in [0.717, 1.165) is 56.6 Å². The van der Waals surface area contributed by atoms with Gasteiger partial charge in [0.25, 0.3) is 0 Å². The van der Waals surface area contributed by atoms with Crippen LogP contribution in [0, 0.1) is 12.8 Å². The van der Waals surface area contributed by atoms with E-state index in [4.69, 9.17) is 9.47 Å². The van der Waals surface area contributed by atoms with Gasteiger partial charge in [0.2, 0.25) is 0 Å². The molecule has 1 aromatic rings. The molecular formula is C22H36IN5O2. The molecule has 4 saturated heterocycles. The highest BCUT2D eigenvalue weighted by molar-refractivity contribution is 14.0. The van der Waals surface area contributed by atoms with Crippen molar-refractivity contribution in [2.45, 2.75) is 25.9 Å². The van der Waals surface area contributed by atoms with Crippen LogP contribution in [0.15, 0.2) is 23.2 Å². The summed E-state index contributed by atoms with van der Waals surface area (Å²) < 4.78 is 11.6. The molecule has 4 aliphatic heterocycles. The van der Waals surface area contributed by atoms with Gasteiger partial charge in [-0.2, -0.15) is 0 Å². The van der Waals surface area contributed by atoms with Gasteiger partial charge < -0.3 is 20.1 Å². The van der Waals surface area contributed by atoms with Gasteiger partial charge in [-0.15, -0.1) is 24.0 Å². The minimum atomic E-state index is 0. The average molecular weight is 529 g/mol. The van der Waals surface area contributed by atoms with Crippen molar-refractivity contribution < 1.29 is 9.47 Å². The Labute approximate surface area is 197 Å². The van der Waals surface area contributed by atoms with Crippen LogP contribution in [0.2, 0.25) is 0 Å². The van der Waals surface area contributed by atoms with E-state index >= 15 is 0 Å². The molecule has 168 valence electrons. The molecule has 0 aliphatic carbocycles. The van der Waals surface area contributed by atoms with E-state index in [-0.39, 0.29) is 24.0 Å². The summed E-state index contributed by atoms with van der Waals surface area (Å²) in [5.74, 6) is 2.31. The largest absolute Gasteiger partial charge is 0.493 e. The monoisotopic (exact) mass is 529 g/mol. The molecule has 1 aromatic carbocycles. The highest BCUT2D eigenvalue weighted by Crippen LogP contribution is 2.22. The van der Waals surface area contributed by atoms with Crippen LogP contribution in [-0.4, -0.2) is 87.9 Å². The summed E-state index contributed by atoms with van der Waals surface area (Å²) in [5, 5.41) is 6.97. The number of aryl methyl sites for hydroxylation is 1. The molecule has 30 heavy (non-hydrogen) atoms. The lowest BCUT2D eigenvalue weighted by atomic mass is 10.1. The summed E-state index contributed by atoms with van der Waals surface area (Å²) in [5.41, 5.74) is 2.37. The summed E-state index contributed by atoms with van der Waals surface area (Å²) >= 11 is 0. The van der Waals surface area contributed by atoms with Crippen LogP contribution < -0.4 is 15.4 Å². The van der Waals surface area contributed by atoms with Gasteiger partial charge in [0, 0.05) is 77.0 Å². The quantitative estimate of drug-likeness (QED) is 0.319. The summed E-state index contributed by atoms with van der Waals surface area (Å²) in [6.45, 7) is 12.1. The fraction of sp³-hybridized carbons (Fsp3) is 0.682. The minimum Gasteiger partial charge on any atom is -0.493 e. The second-order valence-corrected chi connectivity index (χ2v) is 8.45. The van der Waals surface area contributed by atoms with Crippen molar-refractivity contribution >= 4 is 29.9 Å². The standard InChI is InChI=1S/C22H35N5O2.HI/c1-17-3-4-19(21(11-17)29-16-18-5-10-28-15-18)12-24-22(23-2)25-13-20-14-26-6-8-27(20)9-7-26;/h3-4,11,18,20H,5-10,12-16H2,1-2H3,(H2,23,24,25);1H. The van der Waals surface area contributed by atoms with E-state index in [0.29, 0.717) is 18.5 Å². The summed E-state index contributed by atoms with van der Waals surface area (Å²) in [4.78, 5) is 9.57. The van der Waals surface area contributed by atoms with Crippen LogP contribution in [0.5, 0.6) is 5.75 Å². The molecule has 0 radical (unpaired) electrons. The third kappa shape index (κ3) is 6.21. The van der Waals surface area contributed by atoms with Crippen molar-refractivity contribution in [3.63, 3.8) is 0 Å². The van der Waals surface area contributed by atoms with Crippen molar-refractivity contribution in [2.24, 2.45) is 10.9 Å². The zero-order valence-corrected chi connectivity index (χ0v) is 20.6. The third-order valence-corrected chi connectivity index (χ3v) is 6.29. The van der Waals surface area contributed by atoms with E-state index < -0.39 is 0 Å². The Hall–Kier alpha value is -1.10. The number of benzene rings is 1. The first-order chi connectivity index (χ1) is 14.2. The van der Waals surface area contributed by atoms with Gasteiger partial charge in [0.15, 0.2) is 5.96 Å². The Balaban J connectivity index is 0.00000256. The molecule has 7 nitrogen and oxygen atoms in total. The smallest absolute Gasteiger partial charge is 0.191 e. The highest BCUT2D eigenvalue weighted by atomic mass is 127. The molecule has 0 spiro atoms. The van der Waals surface area contributed by atoms with Crippen molar-refractivity contribution in [3.8, 4) is 5.75 Å². The Morgan fingerprint density at radius 3 is 2.73 bits per heavy atom. The second-order valence-electron chi connectivity index (χ2n) is 8.45. The SMILES string of the molecule is CN=C(NCc1ccc(C)cc1OCC1CCOC1)NCC1CN2CCN1CC2.I. The number of fused-ring (bicyclic) bond motifs is 3. The maximum Gasteiger partial charge on any atom is 0.191 e. The predicted octanol–water partition coefficient (Wildman–Crippen LogP) is 1.69. The molecule has 4 fully saturated rings. The van der Waals surface area contributed by atoms with Crippen LogP contribution in [0.3, 0.4) is 0 Å². The normalized spacial score (nSPS) is 28.1. The van der Waals surface area contributed by atoms with Gasteiger partial charge in [-0.25, -0.2) is 0 Å². The van der Waals surface area contributed by atoms with Crippen molar-refractivity contribution in [3.05, 3.63) is 29.3 Å². The molecule has 5 rings (SSSR count). The summed E-state index contributed by atoms with van der Waals surface area (Å²) in [6.07, 6.45) is 1.09. The number of hydrogen-bond acceptors (Lipinski definition) is 5. The number of nitrogens with one attached hydrogen (secondary N) is 2. The molecule has 0 saturated carbocycles. The van der Waals surface area contributed by atoms with Gasteiger partial charge in [-0.1, -0.05) is 12.1 Å². The van der Waals surface area contributed by atoms with Crippen LogP contribution in [0.4, 0.5) is 0 Å². The van der Waals surface area contributed by atoms with Gasteiger partial charge in [0.1, 0.15) is 5.75 Å². The lowest BCUT2D eigenvalue weighted by molar-refractivity contribution is 0.0154. The topological polar surface area (TPSA) is 61.4 Å². The molecule has 2 atom stereocenters. The predicted molar refractivity (Wildman–Crippen MR) is 131 cm³/mol. The molecule has 0 amide bonds. The first-order valence-electron chi connectivity index (χ1n) is 10.9. The Bertz CT molecular complexity index is 703. The Morgan fingerprint density at radius 1 is 1.23 bits per heavy atom. The molecule has 4 aliphatic rings. The lowest BCUT2D eigenvalue weighted by Crippen LogP contribution is -2.63. The fourth-order valence-corrected chi connectivity index (χ4v) is 4.40. The van der Waals surface area contributed by atoms with Crippen molar-refractivity contribution in [1.82, 2.24) is 20.4 Å². The van der Waals surface area contributed by atoms with Crippen molar-refractivity contribution in [2.75, 3.05) is 66.1 Å². The number of hydrogen-bond donors (Lipinski definition) is 2. The fourth-order valence-electron chi connectivity index (χ4n) is 4.40. The van der Waals surface area contributed by atoms with Gasteiger partial charge in [-0.3, -0.25) is 14.8 Å². The molecule has 2 N–H and O–H groups in total. The number of piperazine rings is 3. The van der Waals surface area contributed by atoms with Crippen LogP contribution >= 0.6 is 24.0 Å². The molecule has 2 bridgehead atoms. The maximum atomic E-state index is 6.16. The number of rotatable bonds is 7. The average Bonchev–Trinajstić information content (AvgIpc) is 3.28. The van der Waals surface area contributed by atoms with E-state index in [1.54, 1.807) is 0 Å². The summed E-state index contributed by atoms with van der Waals surface area (Å²) in [7, 11) is 1.83. The zero-order valence-electron chi connectivity index (χ0n) is 18.2. The number of nitrogens with zero attached hydrogens (tertiary/aromatic N) is 3. The molecule has 4 heterocycles. The van der Waals surface area contributed by atoms with Crippen LogP contribution in [-0.2, 0) is 11.3 Å². The molecule has 8 heteroatoms. The number of halogens is 1. The van der Waals surface area contributed by atoms with Crippen molar-refractivity contribution in [1.29, 1.82) is 0 Å². The zero-order chi connectivity index (χ0) is 20.1. The first-order valence-corrected chi connectivity index (χ1v) is 10.9. The number of guanidine groups is 1. The van der Waals surface area contributed by atoms with E-state index in [9.17, 15) is 0 Å². The van der Waals surface area contributed by atoms with E-state index in [2.05, 4.69) is 50.5 Å². The molecule has 0 aromatic heterocycles. The second kappa shape index (κ2) is 11.5. The first kappa shape index (κ1) is 23.6. The third-order valence-electron chi connectivity index (χ3n) is 6.29. The highest BCUT2D eigenvalue weighted by Gasteiger charge is 2.31. The van der Waals surface area contributed by atoms with Gasteiger partial charge >= 0.3 is 0 Å². The van der Waals surface area contributed by atoms with Crippen LogP contribution in [0.25, 0.3) is 0 Å². The minimum absolute atomic E-state index is 0. The molecule has 2 unspecified atom stereocenters. The van der Waals surface area contributed by atoms with Gasteiger partial charge in [0.05, 0.1) is 13.2 Å². The van der Waals surface area contributed by atoms with E-state index in [1.165, 1.54) is 31.7 Å². The van der Waals surface area contributed by atoms with Gasteiger partial charge in [-0.05, 0) is 25.0 Å². The number of ether oxygens (including phenoxy) is 2. The Morgan fingerprint density at radius 2 is 2.07 bits per heavy atom. The summed E-state index contributed by atoms with van der Waals surface area (Å²) in [6, 6.07) is 6.99.